The fraction of sp³-hybridized carbons (Fsp3) is 0.421. The van der Waals surface area contributed by atoms with Crippen LogP contribution in [-0.2, 0) is 16.4 Å². The molecular formula is C19H24N2O3S2. The standard InChI is InChI=1S/C19H24N2O3S2/c1-2-14-26(23,24)21-11-9-20(10-12-21)19(22)18-8-4-3-6-16(18)15-17-7-5-13-25-17/h3-8,13H,2,9-12,14-15H2,1H3. The number of benzene rings is 1. The first-order valence-electron chi connectivity index (χ1n) is 8.88. The maximum absolute atomic E-state index is 13.0. The van der Waals surface area contributed by atoms with Crippen LogP contribution in [0.2, 0.25) is 0 Å². The molecule has 0 spiro atoms. The first-order valence-corrected chi connectivity index (χ1v) is 11.4. The summed E-state index contributed by atoms with van der Waals surface area (Å²) in [6, 6.07) is 11.8. The molecule has 7 heteroatoms. The summed E-state index contributed by atoms with van der Waals surface area (Å²) in [5.74, 6) is 0.162. The largest absolute Gasteiger partial charge is 0.336 e. The molecule has 0 bridgehead atoms. The van der Waals surface area contributed by atoms with E-state index in [0.29, 0.717) is 38.2 Å². The van der Waals surface area contributed by atoms with Crippen molar-refractivity contribution in [3.05, 3.63) is 57.8 Å². The third-order valence-corrected chi connectivity index (χ3v) is 7.53. The normalized spacial score (nSPS) is 16.0. The Kier molecular flexibility index (Phi) is 6.11. The van der Waals surface area contributed by atoms with Crippen LogP contribution in [0.15, 0.2) is 41.8 Å². The monoisotopic (exact) mass is 392 g/mol. The summed E-state index contributed by atoms with van der Waals surface area (Å²) in [5.41, 5.74) is 1.73. The zero-order chi connectivity index (χ0) is 18.6. The van der Waals surface area contributed by atoms with Crippen LogP contribution in [0.1, 0.15) is 34.1 Å². The van der Waals surface area contributed by atoms with Crippen molar-refractivity contribution in [2.24, 2.45) is 0 Å². The number of carbonyl (C=O) groups is 1. The number of hydrogen-bond acceptors (Lipinski definition) is 4. The molecule has 0 saturated carbocycles. The van der Waals surface area contributed by atoms with Crippen molar-refractivity contribution < 1.29 is 13.2 Å². The highest BCUT2D eigenvalue weighted by Crippen LogP contribution is 2.20. The Morgan fingerprint density at radius 3 is 2.46 bits per heavy atom. The second-order valence-electron chi connectivity index (χ2n) is 6.42. The minimum Gasteiger partial charge on any atom is -0.336 e. The topological polar surface area (TPSA) is 57.7 Å². The molecule has 2 heterocycles. The predicted octanol–water partition coefficient (Wildman–Crippen LogP) is 2.84. The summed E-state index contributed by atoms with van der Waals surface area (Å²) in [6.45, 7) is 3.49. The first-order chi connectivity index (χ1) is 12.5. The first kappa shape index (κ1) is 19.1. The van der Waals surface area contributed by atoms with Crippen LogP contribution in [0.4, 0.5) is 0 Å². The van der Waals surface area contributed by atoms with Gasteiger partial charge in [-0.2, -0.15) is 4.31 Å². The number of sulfonamides is 1. The van der Waals surface area contributed by atoms with Crippen LogP contribution in [0.25, 0.3) is 0 Å². The molecule has 5 nitrogen and oxygen atoms in total. The Balaban J connectivity index is 1.69. The summed E-state index contributed by atoms with van der Waals surface area (Å²) in [7, 11) is -3.19. The zero-order valence-corrected chi connectivity index (χ0v) is 16.6. The summed E-state index contributed by atoms with van der Waals surface area (Å²) < 4.78 is 25.9. The molecular weight excluding hydrogens is 368 g/mol. The van der Waals surface area contributed by atoms with E-state index >= 15 is 0 Å². The van der Waals surface area contributed by atoms with Crippen LogP contribution < -0.4 is 0 Å². The number of rotatable bonds is 6. The summed E-state index contributed by atoms with van der Waals surface area (Å²) in [4.78, 5) is 16.0. The molecule has 26 heavy (non-hydrogen) atoms. The lowest BCUT2D eigenvalue weighted by molar-refractivity contribution is 0.0697. The van der Waals surface area contributed by atoms with Gasteiger partial charge in [0, 0.05) is 43.0 Å². The smallest absolute Gasteiger partial charge is 0.254 e. The van der Waals surface area contributed by atoms with E-state index < -0.39 is 10.0 Å². The minimum absolute atomic E-state index is 0.00954. The van der Waals surface area contributed by atoms with Gasteiger partial charge in [0.1, 0.15) is 0 Å². The van der Waals surface area contributed by atoms with Crippen molar-refractivity contribution in [2.45, 2.75) is 19.8 Å². The van der Waals surface area contributed by atoms with Crippen LogP contribution in [-0.4, -0.2) is 55.5 Å². The highest BCUT2D eigenvalue weighted by Gasteiger charge is 2.29. The van der Waals surface area contributed by atoms with Gasteiger partial charge in [0.25, 0.3) is 5.91 Å². The SMILES string of the molecule is CCCS(=O)(=O)N1CCN(C(=O)c2ccccc2Cc2cccs2)CC1. The van der Waals surface area contributed by atoms with E-state index in [-0.39, 0.29) is 11.7 Å². The molecule has 0 aliphatic carbocycles. The van der Waals surface area contributed by atoms with Crippen molar-refractivity contribution in [1.29, 1.82) is 0 Å². The van der Waals surface area contributed by atoms with Gasteiger partial charge in [0.05, 0.1) is 5.75 Å². The lowest BCUT2D eigenvalue weighted by atomic mass is 10.0. The maximum Gasteiger partial charge on any atom is 0.254 e. The molecule has 1 aliphatic rings. The number of piperazine rings is 1. The number of amides is 1. The van der Waals surface area contributed by atoms with E-state index in [2.05, 4.69) is 6.07 Å². The Morgan fingerprint density at radius 2 is 1.81 bits per heavy atom. The molecule has 2 aromatic rings. The maximum atomic E-state index is 13.0. The molecule has 140 valence electrons. The van der Waals surface area contributed by atoms with E-state index in [0.717, 1.165) is 12.0 Å². The molecule has 0 unspecified atom stereocenters. The van der Waals surface area contributed by atoms with Gasteiger partial charge in [-0.3, -0.25) is 4.79 Å². The predicted molar refractivity (Wildman–Crippen MR) is 105 cm³/mol. The van der Waals surface area contributed by atoms with Crippen molar-refractivity contribution in [2.75, 3.05) is 31.9 Å². The molecule has 1 amide bonds. The van der Waals surface area contributed by atoms with E-state index in [1.165, 1.54) is 9.18 Å². The number of hydrogen-bond donors (Lipinski definition) is 0. The molecule has 0 atom stereocenters. The highest BCUT2D eigenvalue weighted by atomic mass is 32.2. The van der Waals surface area contributed by atoms with Gasteiger partial charge < -0.3 is 4.90 Å². The molecule has 1 aliphatic heterocycles. The zero-order valence-electron chi connectivity index (χ0n) is 14.9. The van der Waals surface area contributed by atoms with Crippen molar-refractivity contribution in [1.82, 2.24) is 9.21 Å². The molecule has 1 aromatic carbocycles. The Labute approximate surface area is 159 Å². The minimum atomic E-state index is -3.19. The van der Waals surface area contributed by atoms with Crippen LogP contribution in [0.5, 0.6) is 0 Å². The Hall–Kier alpha value is -1.70. The van der Waals surface area contributed by atoms with Gasteiger partial charge in [0.15, 0.2) is 0 Å². The molecule has 1 saturated heterocycles. The van der Waals surface area contributed by atoms with Gasteiger partial charge in [0.2, 0.25) is 10.0 Å². The number of carbonyl (C=O) groups excluding carboxylic acids is 1. The molecule has 3 rings (SSSR count). The molecule has 1 aromatic heterocycles. The van der Waals surface area contributed by atoms with Gasteiger partial charge >= 0.3 is 0 Å². The molecule has 1 fully saturated rings. The molecule has 0 N–H and O–H groups in total. The van der Waals surface area contributed by atoms with Gasteiger partial charge in [-0.15, -0.1) is 11.3 Å². The fourth-order valence-corrected chi connectivity index (χ4v) is 5.43. The second kappa shape index (κ2) is 8.33. The average Bonchev–Trinajstić information content (AvgIpc) is 3.15. The summed E-state index contributed by atoms with van der Waals surface area (Å²) >= 11 is 1.68. The average molecular weight is 393 g/mol. The Bertz CT molecular complexity index is 839. The third-order valence-electron chi connectivity index (χ3n) is 4.57. The number of thiophene rings is 1. The quantitative estimate of drug-likeness (QED) is 0.760. The van der Waals surface area contributed by atoms with Crippen LogP contribution in [0.3, 0.4) is 0 Å². The lowest BCUT2D eigenvalue weighted by Gasteiger charge is -2.34. The third kappa shape index (κ3) is 4.34. The summed E-state index contributed by atoms with van der Waals surface area (Å²) in [5, 5.41) is 2.04. The Morgan fingerprint density at radius 1 is 1.08 bits per heavy atom. The van der Waals surface area contributed by atoms with Crippen LogP contribution >= 0.6 is 11.3 Å². The lowest BCUT2D eigenvalue weighted by Crippen LogP contribution is -2.51. The number of nitrogens with zero attached hydrogens (tertiary/aromatic N) is 2. The van der Waals surface area contributed by atoms with Crippen LogP contribution in [0, 0.1) is 0 Å². The second-order valence-corrected chi connectivity index (χ2v) is 9.54. The van der Waals surface area contributed by atoms with E-state index in [1.54, 1.807) is 16.2 Å². The van der Waals surface area contributed by atoms with Crippen molar-refractivity contribution in [3.8, 4) is 0 Å². The van der Waals surface area contributed by atoms with Crippen molar-refractivity contribution in [3.63, 3.8) is 0 Å². The van der Waals surface area contributed by atoms with E-state index in [9.17, 15) is 13.2 Å². The highest BCUT2D eigenvalue weighted by molar-refractivity contribution is 7.89. The van der Waals surface area contributed by atoms with E-state index in [4.69, 9.17) is 0 Å². The summed E-state index contributed by atoms with van der Waals surface area (Å²) in [6.07, 6.45) is 1.35. The van der Waals surface area contributed by atoms with Gasteiger partial charge in [-0.25, -0.2) is 8.42 Å². The van der Waals surface area contributed by atoms with Crippen molar-refractivity contribution >= 4 is 27.3 Å². The van der Waals surface area contributed by atoms with E-state index in [1.807, 2.05) is 42.6 Å². The fourth-order valence-electron chi connectivity index (χ4n) is 3.21. The molecule has 0 radical (unpaired) electrons. The van der Waals surface area contributed by atoms with Gasteiger partial charge in [-0.1, -0.05) is 31.2 Å². The van der Waals surface area contributed by atoms with Gasteiger partial charge in [-0.05, 0) is 29.5 Å².